The smallest absolute Gasteiger partial charge is 0.232 e. The number of benzene rings is 2. The molecule has 0 spiro atoms. The van der Waals surface area contributed by atoms with Gasteiger partial charge in [0.25, 0.3) is 0 Å². The zero-order valence-electron chi connectivity index (χ0n) is 17.3. The normalized spacial score (nSPS) is 15.4. The Kier molecular flexibility index (Phi) is 5.74. The van der Waals surface area contributed by atoms with E-state index < -0.39 is 21.7 Å². The summed E-state index contributed by atoms with van der Waals surface area (Å²) in [6.45, 7) is 3.56. The van der Waals surface area contributed by atoms with Crippen molar-refractivity contribution in [2.45, 2.75) is 20.0 Å². The Labute approximate surface area is 183 Å². The van der Waals surface area contributed by atoms with E-state index >= 15 is 0 Å². The van der Waals surface area contributed by atoms with Gasteiger partial charge >= 0.3 is 0 Å². The Morgan fingerprint density at radius 2 is 1.88 bits per heavy atom. The number of rotatable bonds is 7. The second-order valence-corrected chi connectivity index (χ2v) is 9.33. The Morgan fingerprint density at radius 1 is 1.16 bits per heavy atom. The van der Waals surface area contributed by atoms with Crippen LogP contribution in [0.1, 0.15) is 24.4 Å². The molecule has 1 atom stereocenters. The van der Waals surface area contributed by atoms with Crippen LogP contribution in [0.4, 0.5) is 14.5 Å². The largest absolute Gasteiger partial charge is 0.618 e. The average Bonchev–Trinajstić information content (AvgIpc) is 3.58. The van der Waals surface area contributed by atoms with Crippen LogP contribution >= 0.6 is 0 Å². The number of nitrogens with zero attached hydrogens (tertiary/aromatic N) is 1. The van der Waals surface area contributed by atoms with Crippen molar-refractivity contribution in [3.05, 3.63) is 76.8 Å². The summed E-state index contributed by atoms with van der Waals surface area (Å²) in [7, 11) is -3.55. The van der Waals surface area contributed by atoms with E-state index in [9.17, 15) is 22.4 Å². The number of aromatic nitrogens is 1. The molecule has 0 bridgehead atoms. The lowest BCUT2D eigenvalue weighted by molar-refractivity contribution is -0.621. The van der Waals surface area contributed by atoms with Crippen LogP contribution in [-0.2, 0) is 14.8 Å². The SMILES string of the molecule is CCS(=O)(=O)Nc1ccc(Oc2ccc(F)cc2F)c(-c2cc(C)[n+]([O-])c(C3CO3)c2)c1. The first-order valence-electron chi connectivity index (χ1n) is 9.80. The Balaban J connectivity index is 1.83. The highest BCUT2D eigenvalue weighted by molar-refractivity contribution is 7.92. The van der Waals surface area contributed by atoms with Gasteiger partial charge in [0, 0.05) is 36.4 Å². The van der Waals surface area contributed by atoms with E-state index in [1.54, 1.807) is 19.1 Å². The molecule has 1 unspecified atom stereocenters. The number of hydrogen-bond acceptors (Lipinski definition) is 5. The molecule has 1 N–H and O–H groups in total. The summed E-state index contributed by atoms with van der Waals surface area (Å²) in [5.74, 6) is -1.76. The Bertz CT molecular complexity index is 1290. The minimum Gasteiger partial charge on any atom is -0.618 e. The number of ether oxygens (including phenoxy) is 2. The van der Waals surface area contributed by atoms with Crippen molar-refractivity contribution in [2.75, 3.05) is 17.1 Å². The topological polar surface area (TPSA) is 94.9 Å². The van der Waals surface area contributed by atoms with Crippen molar-refractivity contribution in [2.24, 2.45) is 0 Å². The maximum Gasteiger partial charge on any atom is 0.232 e. The maximum atomic E-state index is 14.2. The minimum absolute atomic E-state index is 0.120. The summed E-state index contributed by atoms with van der Waals surface area (Å²) < 4.78 is 65.7. The number of hydrogen-bond donors (Lipinski definition) is 1. The van der Waals surface area contributed by atoms with Crippen LogP contribution in [0.2, 0.25) is 0 Å². The van der Waals surface area contributed by atoms with Gasteiger partial charge in [-0.3, -0.25) is 4.72 Å². The number of sulfonamides is 1. The number of epoxide rings is 1. The third-order valence-corrected chi connectivity index (χ3v) is 6.25. The molecular weight excluding hydrogens is 442 g/mol. The summed E-state index contributed by atoms with van der Waals surface area (Å²) in [4.78, 5) is 0. The van der Waals surface area contributed by atoms with Gasteiger partial charge in [-0.15, -0.1) is 0 Å². The van der Waals surface area contributed by atoms with Gasteiger partial charge in [-0.2, -0.15) is 4.73 Å². The van der Waals surface area contributed by atoms with Crippen LogP contribution in [0.15, 0.2) is 48.5 Å². The second kappa shape index (κ2) is 8.36. The van der Waals surface area contributed by atoms with Crippen LogP contribution in [0.25, 0.3) is 11.1 Å². The van der Waals surface area contributed by atoms with Crippen LogP contribution in [-0.4, -0.2) is 20.8 Å². The molecule has 32 heavy (non-hydrogen) atoms. The van der Waals surface area contributed by atoms with Gasteiger partial charge in [-0.25, -0.2) is 17.2 Å². The summed E-state index contributed by atoms with van der Waals surface area (Å²) in [5.41, 5.74) is 2.03. The van der Waals surface area contributed by atoms with Crippen molar-refractivity contribution in [1.82, 2.24) is 0 Å². The molecule has 2 heterocycles. The van der Waals surface area contributed by atoms with Gasteiger partial charge in [0.1, 0.15) is 11.6 Å². The van der Waals surface area contributed by atoms with E-state index in [0.29, 0.717) is 35.2 Å². The van der Waals surface area contributed by atoms with Gasteiger partial charge in [-0.1, -0.05) is 0 Å². The van der Waals surface area contributed by atoms with Crippen molar-refractivity contribution in [3.8, 4) is 22.6 Å². The van der Waals surface area contributed by atoms with Crippen LogP contribution < -0.4 is 14.2 Å². The van der Waals surface area contributed by atoms with E-state index in [4.69, 9.17) is 9.47 Å². The highest BCUT2D eigenvalue weighted by Crippen LogP contribution is 2.38. The highest BCUT2D eigenvalue weighted by Gasteiger charge is 2.34. The van der Waals surface area contributed by atoms with Gasteiger partial charge in [0.15, 0.2) is 23.4 Å². The van der Waals surface area contributed by atoms with Crippen molar-refractivity contribution < 1.29 is 31.4 Å². The molecule has 1 aliphatic heterocycles. The Morgan fingerprint density at radius 3 is 2.53 bits per heavy atom. The number of halogens is 2. The molecule has 0 amide bonds. The molecule has 2 aromatic carbocycles. The molecule has 1 saturated heterocycles. The molecule has 10 heteroatoms. The lowest BCUT2D eigenvalue weighted by Crippen LogP contribution is -2.35. The van der Waals surface area contributed by atoms with Gasteiger partial charge in [0.2, 0.25) is 15.7 Å². The van der Waals surface area contributed by atoms with E-state index in [0.717, 1.165) is 16.9 Å². The number of nitrogens with one attached hydrogen (secondary N) is 1. The maximum absolute atomic E-state index is 14.2. The molecule has 3 aromatic rings. The van der Waals surface area contributed by atoms with Gasteiger partial charge in [-0.05, 0) is 42.8 Å². The van der Waals surface area contributed by atoms with E-state index in [1.165, 1.54) is 25.1 Å². The average molecular weight is 462 g/mol. The quantitative estimate of drug-likeness (QED) is 0.323. The van der Waals surface area contributed by atoms with Crippen molar-refractivity contribution >= 4 is 15.7 Å². The fourth-order valence-corrected chi connectivity index (χ4v) is 3.81. The first-order chi connectivity index (χ1) is 15.2. The molecule has 0 aliphatic carbocycles. The van der Waals surface area contributed by atoms with Crippen molar-refractivity contribution in [1.29, 1.82) is 0 Å². The molecule has 1 fully saturated rings. The lowest BCUT2D eigenvalue weighted by atomic mass is 10.0. The molecule has 1 aliphatic rings. The number of anilines is 1. The number of pyridine rings is 1. The molecule has 0 radical (unpaired) electrons. The zero-order chi connectivity index (χ0) is 23.0. The van der Waals surface area contributed by atoms with Crippen molar-refractivity contribution in [3.63, 3.8) is 0 Å². The van der Waals surface area contributed by atoms with Crippen LogP contribution in [0, 0.1) is 23.8 Å². The van der Waals surface area contributed by atoms with E-state index in [1.807, 2.05) is 0 Å². The fourth-order valence-electron chi connectivity index (χ4n) is 3.18. The molecule has 0 saturated carbocycles. The Hall–Kier alpha value is -3.24. The van der Waals surface area contributed by atoms with Crippen LogP contribution in [0.5, 0.6) is 11.5 Å². The predicted molar refractivity (Wildman–Crippen MR) is 114 cm³/mol. The van der Waals surface area contributed by atoms with Gasteiger partial charge in [0.05, 0.1) is 12.4 Å². The predicted octanol–water partition coefficient (Wildman–Crippen LogP) is 4.20. The fraction of sp³-hybridized carbons (Fsp3) is 0.227. The standard InChI is InChI=1S/C22H20F2N2O5S/c1-3-32(28,29)25-16-5-7-20(31-21-6-4-15(23)10-18(21)24)17(11-16)14-8-13(2)26(27)19(9-14)22-12-30-22/h4-11,22,25H,3,12H2,1-2H3. The summed E-state index contributed by atoms with van der Waals surface area (Å²) in [5, 5.41) is 12.4. The summed E-state index contributed by atoms with van der Waals surface area (Å²) in [6.07, 6.45) is -0.327. The molecular formula is C22H20F2N2O5S. The number of aryl methyl sites for hydroxylation is 1. The first-order valence-corrected chi connectivity index (χ1v) is 11.5. The molecule has 4 rings (SSSR count). The summed E-state index contributed by atoms with van der Waals surface area (Å²) >= 11 is 0. The van der Waals surface area contributed by atoms with Crippen LogP contribution in [0.3, 0.4) is 0 Å². The molecule has 168 valence electrons. The monoisotopic (exact) mass is 462 g/mol. The third kappa shape index (κ3) is 4.66. The van der Waals surface area contributed by atoms with E-state index in [-0.39, 0.29) is 29.0 Å². The van der Waals surface area contributed by atoms with Gasteiger partial charge < -0.3 is 14.7 Å². The highest BCUT2D eigenvalue weighted by atomic mass is 32.2. The zero-order valence-corrected chi connectivity index (χ0v) is 18.1. The molecule has 1 aromatic heterocycles. The molecule has 7 nitrogen and oxygen atoms in total. The van der Waals surface area contributed by atoms with E-state index in [2.05, 4.69) is 4.72 Å². The lowest BCUT2D eigenvalue weighted by Gasteiger charge is -2.16. The summed E-state index contributed by atoms with van der Waals surface area (Å²) in [6, 6.07) is 10.7. The first kappa shape index (κ1) is 22.0. The third-order valence-electron chi connectivity index (χ3n) is 4.94. The minimum atomic E-state index is -3.55. The second-order valence-electron chi connectivity index (χ2n) is 7.32.